The molecule has 0 saturated heterocycles. The van der Waals surface area contributed by atoms with Gasteiger partial charge in [-0.2, -0.15) is 4.39 Å². The standard InChI is InChI=1S/C27H25FN4O5S/c1-31(38(3,34)35)25-20-5-4-12-29-24(20)26(37-16-17-6-9-19(36-2)10-7-17)23-21(25)15-32(27(23)33)14-18-8-11-22(28)30-13-18/h4-13,15,33H,14,16H2,1-3H3. The van der Waals surface area contributed by atoms with E-state index in [2.05, 4.69) is 9.97 Å². The first-order valence-electron chi connectivity index (χ1n) is 11.6. The first-order chi connectivity index (χ1) is 18.2. The molecule has 0 amide bonds. The molecule has 0 radical (unpaired) electrons. The van der Waals surface area contributed by atoms with Gasteiger partial charge in [-0.05, 0) is 41.5 Å². The number of pyridine rings is 2. The van der Waals surface area contributed by atoms with Gasteiger partial charge in [-0.25, -0.2) is 13.4 Å². The van der Waals surface area contributed by atoms with Gasteiger partial charge in [0.25, 0.3) is 0 Å². The predicted molar refractivity (Wildman–Crippen MR) is 143 cm³/mol. The summed E-state index contributed by atoms with van der Waals surface area (Å²) in [6, 6.07) is 13.6. The minimum absolute atomic E-state index is 0.148. The number of sulfonamides is 1. The highest BCUT2D eigenvalue weighted by molar-refractivity contribution is 7.92. The SMILES string of the molecule is COc1ccc(COc2c3ncccc3c(N(C)S(C)(=O)=O)c3cn(Cc4ccc(F)nc4)c(O)c23)cc1. The molecule has 5 rings (SSSR count). The van der Waals surface area contributed by atoms with Gasteiger partial charge in [-0.3, -0.25) is 9.29 Å². The van der Waals surface area contributed by atoms with Gasteiger partial charge in [0.05, 0.1) is 31.0 Å². The molecule has 0 unspecified atom stereocenters. The Morgan fingerprint density at radius 3 is 2.45 bits per heavy atom. The Kier molecular flexibility index (Phi) is 6.53. The number of methoxy groups -OCH3 is 1. The maximum Gasteiger partial charge on any atom is 0.232 e. The van der Waals surface area contributed by atoms with Crippen molar-refractivity contribution >= 4 is 37.4 Å². The molecule has 0 spiro atoms. The third-order valence-corrected chi connectivity index (χ3v) is 7.48. The van der Waals surface area contributed by atoms with Gasteiger partial charge in [0.1, 0.15) is 17.9 Å². The zero-order chi connectivity index (χ0) is 27.0. The molecule has 0 bridgehead atoms. The molecule has 0 aliphatic carbocycles. The van der Waals surface area contributed by atoms with Crippen LogP contribution >= 0.6 is 0 Å². The van der Waals surface area contributed by atoms with Gasteiger partial charge in [0.15, 0.2) is 5.75 Å². The molecule has 2 aromatic carbocycles. The Morgan fingerprint density at radius 1 is 1.05 bits per heavy atom. The molecule has 38 heavy (non-hydrogen) atoms. The molecular weight excluding hydrogens is 511 g/mol. The van der Waals surface area contributed by atoms with Crippen LogP contribution in [-0.4, -0.2) is 48.5 Å². The highest BCUT2D eigenvalue weighted by Gasteiger charge is 2.27. The fourth-order valence-electron chi connectivity index (χ4n) is 4.33. The summed E-state index contributed by atoms with van der Waals surface area (Å²) in [6.07, 6.45) is 5.72. The lowest BCUT2D eigenvalue weighted by Crippen LogP contribution is -2.25. The Hall–Kier alpha value is -4.38. The second-order valence-electron chi connectivity index (χ2n) is 8.80. The van der Waals surface area contributed by atoms with Crippen molar-refractivity contribution < 1.29 is 27.4 Å². The highest BCUT2D eigenvalue weighted by Crippen LogP contribution is 2.47. The lowest BCUT2D eigenvalue weighted by Gasteiger charge is -2.21. The number of hydrogen-bond acceptors (Lipinski definition) is 7. The summed E-state index contributed by atoms with van der Waals surface area (Å²) in [5, 5.41) is 12.7. The van der Waals surface area contributed by atoms with Gasteiger partial charge < -0.3 is 19.1 Å². The second kappa shape index (κ2) is 9.82. The molecule has 0 aliphatic rings. The summed E-state index contributed by atoms with van der Waals surface area (Å²) >= 11 is 0. The number of aromatic nitrogens is 3. The van der Waals surface area contributed by atoms with Crippen molar-refractivity contribution in [3.63, 3.8) is 0 Å². The van der Waals surface area contributed by atoms with Crippen molar-refractivity contribution in [2.24, 2.45) is 0 Å². The highest BCUT2D eigenvalue weighted by atomic mass is 32.2. The zero-order valence-corrected chi connectivity index (χ0v) is 21.7. The molecule has 9 nitrogen and oxygen atoms in total. The van der Waals surface area contributed by atoms with Crippen molar-refractivity contribution in [1.29, 1.82) is 0 Å². The van der Waals surface area contributed by atoms with Gasteiger partial charge >= 0.3 is 0 Å². The van der Waals surface area contributed by atoms with Crippen LogP contribution in [0.25, 0.3) is 21.7 Å². The predicted octanol–water partition coefficient (Wildman–Crippen LogP) is 4.46. The number of halogens is 1. The van der Waals surface area contributed by atoms with Crippen LogP contribution in [0.5, 0.6) is 17.4 Å². The summed E-state index contributed by atoms with van der Waals surface area (Å²) < 4.78 is 52.8. The summed E-state index contributed by atoms with van der Waals surface area (Å²) in [5.41, 5.74) is 2.25. The molecule has 196 valence electrons. The maximum absolute atomic E-state index is 13.3. The monoisotopic (exact) mass is 536 g/mol. The lowest BCUT2D eigenvalue weighted by molar-refractivity contribution is 0.311. The summed E-state index contributed by atoms with van der Waals surface area (Å²) in [4.78, 5) is 8.18. The van der Waals surface area contributed by atoms with E-state index >= 15 is 0 Å². The van der Waals surface area contributed by atoms with E-state index in [9.17, 15) is 17.9 Å². The minimum atomic E-state index is -3.67. The van der Waals surface area contributed by atoms with Crippen molar-refractivity contribution in [1.82, 2.24) is 14.5 Å². The van der Waals surface area contributed by atoms with Crippen LogP contribution in [0.1, 0.15) is 11.1 Å². The minimum Gasteiger partial charge on any atom is -0.497 e. The summed E-state index contributed by atoms with van der Waals surface area (Å²) in [5.74, 6) is 0.260. The molecule has 0 aliphatic heterocycles. The summed E-state index contributed by atoms with van der Waals surface area (Å²) in [7, 11) is -0.632. The Bertz CT molecular complexity index is 1740. The van der Waals surface area contributed by atoms with Gasteiger partial charge in [0, 0.05) is 36.4 Å². The van der Waals surface area contributed by atoms with E-state index in [-0.39, 0.29) is 19.0 Å². The van der Waals surface area contributed by atoms with Crippen LogP contribution < -0.4 is 13.8 Å². The van der Waals surface area contributed by atoms with Crippen molar-refractivity contribution in [3.05, 3.63) is 84.2 Å². The van der Waals surface area contributed by atoms with E-state index in [1.807, 2.05) is 24.3 Å². The molecule has 11 heteroatoms. The van der Waals surface area contributed by atoms with Crippen LogP contribution in [0.3, 0.4) is 0 Å². The Labute approximate surface area is 218 Å². The van der Waals surface area contributed by atoms with E-state index in [1.165, 1.54) is 19.3 Å². The van der Waals surface area contributed by atoms with Crippen LogP contribution in [0, 0.1) is 5.95 Å². The zero-order valence-electron chi connectivity index (χ0n) is 20.9. The van der Waals surface area contributed by atoms with Crippen LogP contribution in [-0.2, 0) is 23.2 Å². The second-order valence-corrected chi connectivity index (χ2v) is 10.8. The fourth-order valence-corrected chi connectivity index (χ4v) is 4.86. The van der Waals surface area contributed by atoms with E-state index in [1.54, 1.807) is 42.3 Å². The number of aromatic hydroxyl groups is 1. The Balaban J connectivity index is 1.72. The van der Waals surface area contributed by atoms with E-state index in [0.29, 0.717) is 44.4 Å². The number of rotatable bonds is 8. The number of benzene rings is 2. The third-order valence-electron chi connectivity index (χ3n) is 6.31. The first kappa shape index (κ1) is 25.3. The largest absolute Gasteiger partial charge is 0.497 e. The van der Waals surface area contributed by atoms with Gasteiger partial charge in [-0.15, -0.1) is 0 Å². The lowest BCUT2D eigenvalue weighted by atomic mass is 10.1. The van der Waals surface area contributed by atoms with Crippen LogP contribution in [0.15, 0.2) is 67.1 Å². The Morgan fingerprint density at radius 2 is 1.79 bits per heavy atom. The fraction of sp³-hybridized carbons (Fsp3) is 0.185. The first-order valence-corrected chi connectivity index (χ1v) is 13.4. The number of hydrogen-bond donors (Lipinski definition) is 1. The van der Waals surface area contributed by atoms with E-state index in [4.69, 9.17) is 9.47 Å². The van der Waals surface area contributed by atoms with Crippen molar-refractivity contribution in [3.8, 4) is 17.4 Å². The molecule has 3 aromatic heterocycles. The molecule has 0 fully saturated rings. The van der Waals surface area contributed by atoms with Crippen LogP contribution in [0.4, 0.5) is 10.1 Å². The van der Waals surface area contributed by atoms with Crippen molar-refractivity contribution in [2.75, 3.05) is 24.7 Å². The maximum atomic E-state index is 13.3. The molecule has 5 aromatic rings. The smallest absolute Gasteiger partial charge is 0.232 e. The van der Waals surface area contributed by atoms with Crippen molar-refractivity contribution in [2.45, 2.75) is 13.2 Å². The topological polar surface area (TPSA) is 107 Å². The average molecular weight is 537 g/mol. The normalized spacial score (nSPS) is 11.7. The van der Waals surface area contributed by atoms with E-state index < -0.39 is 16.0 Å². The molecule has 1 N–H and O–H groups in total. The summed E-state index contributed by atoms with van der Waals surface area (Å²) in [6.45, 7) is 0.329. The number of anilines is 1. The number of fused-ring (bicyclic) bond motifs is 2. The van der Waals surface area contributed by atoms with Gasteiger partial charge in [-0.1, -0.05) is 18.2 Å². The molecule has 3 heterocycles. The third kappa shape index (κ3) is 4.68. The van der Waals surface area contributed by atoms with Gasteiger partial charge in [0.2, 0.25) is 21.9 Å². The van der Waals surface area contributed by atoms with E-state index in [0.717, 1.165) is 16.1 Å². The average Bonchev–Trinajstić information content (AvgIpc) is 3.22. The molecule has 0 atom stereocenters. The molecule has 0 saturated carbocycles. The number of ether oxygens (including phenoxy) is 2. The van der Waals surface area contributed by atoms with Crippen LogP contribution in [0.2, 0.25) is 0 Å². The number of nitrogens with zero attached hydrogens (tertiary/aromatic N) is 4. The molecular formula is C27H25FN4O5S. The quantitative estimate of drug-likeness (QED) is 0.292.